The highest BCUT2D eigenvalue weighted by Crippen LogP contribution is 2.24. The molecule has 382 valence electrons. The molecule has 0 saturated carbocycles. The third kappa shape index (κ3) is 25.0. The standard InChI is InChI=1S/2C16H18.C14H22.2C12H18.CH4/c1-13(2)11-14-7-6-10-16(12-14)15-8-4-3-5-9-15;1-13(2)12-14-8-10-16(11-9-14)15-6-4-3-5-7-15;1-11(2)10-12-6-8-13(9-7-12)14(3,4)5;1-9(2)7-12-6-5-10(3)11(4)8-12;1-9(2)7-12-8-10(3)5-6-11(12)4;/h3-10,12-13H,11H2,1-2H3;3-11,13H,12H2,1-2H3;6-9,11H,10H2,1-5H3;2*5-6,8-9H,7H2,1-4H3;1H4. The van der Waals surface area contributed by atoms with E-state index < -0.39 is 0 Å². The topological polar surface area (TPSA) is 0 Å². The van der Waals surface area contributed by atoms with Gasteiger partial charge in [0.2, 0.25) is 0 Å². The number of hydrogen-bond acceptors (Lipinski definition) is 0. The molecule has 0 aliphatic heterocycles. The van der Waals surface area contributed by atoms with Crippen molar-refractivity contribution in [3.63, 3.8) is 0 Å². The Morgan fingerprint density at radius 1 is 0.310 bits per heavy atom. The van der Waals surface area contributed by atoms with E-state index in [0.717, 1.165) is 36.5 Å². The highest BCUT2D eigenvalue weighted by atomic mass is 14.2. The van der Waals surface area contributed by atoms with Crippen LogP contribution in [0.25, 0.3) is 22.3 Å². The van der Waals surface area contributed by atoms with E-state index in [1.165, 1.54) is 97.2 Å². The summed E-state index contributed by atoms with van der Waals surface area (Å²) >= 11 is 0. The second-order valence-corrected chi connectivity index (χ2v) is 22.9. The maximum atomic E-state index is 2.30. The summed E-state index contributed by atoms with van der Waals surface area (Å²) in [5.41, 5.74) is 19.8. The molecule has 0 radical (unpaired) electrons. The maximum Gasteiger partial charge on any atom is -0.0132 e. The van der Waals surface area contributed by atoms with Gasteiger partial charge in [-0.2, -0.15) is 0 Å². The molecule has 0 saturated heterocycles. The van der Waals surface area contributed by atoms with E-state index in [2.05, 4.69) is 288 Å². The molecule has 0 aromatic heterocycles. The lowest BCUT2D eigenvalue weighted by atomic mass is 9.86. The molecule has 0 heteroatoms. The minimum absolute atomic E-state index is 0. The summed E-state index contributed by atoms with van der Waals surface area (Å²) in [6, 6.07) is 61.3. The molecule has 0 aliphatic carbocycles. The molecule has 0 heterocycles. The van der Waals surface area contributed by atoms with Crippen LogP contribution in [0.4, 0.5) is 0 Å². The first-order chi connectivity index (χ1) is 33.1. The van der Waals surface area contributed by atoms with Gasteiger partial charge in [0, 0.05) is 0 Å². The van der Waals surface area contributed by atoms with Gasteiger partial charge in [-0.25, -0.2) is 0 Å². The molecule has 7 aromatic rings. The Bertz CT molecular complexity index is 2470. The molecule has 0 N–H and O–H groups in total. The van der Waals surface area contributed by atoms with Crippen LogP contribution in [-0.4, -0.2) is 0 Å². The van der Waals surface area contributed by atoms with Crippen molar-refractivity contribution in [3.05, 3.63) is 225 Å². The van der Waals surface area contributed by atoms with Crippen molar-refractivity contribution >= 4 is 0 Å². The summed E-state index contributed by atoms with van der Waals surface area (Å²) in [6.45, 7) is 38.1. The van der Waals surface area contributed by atoms with Gasteiger partial charge in [-0.05, 0) is 167 Å². The molecule has 0 bridgehead atoms. The zero-order valence-corrected chi connectivity index (χ0v) is 47.1. The first-order valence-electron chi connectivity index (χ1n) is 26.6. The highest BCUT2D eigenvalue weighted by Gasteiger charge is 2.13. The Morgan fingerprint density at radius 2 is 0.690 bits per heavy atom. The average Bonchev–Trinajstić information content (AvgIpc) is 3.30. The van der Waals surface area contributed by atoms with Gasteiger partial charge < -0.3 is 0 Å². The molecular formula is C71H98. The van der Waals surface area contributed by atoms with E-state index in [4.69, 9.17) is 0 Å². The molecule has 71 heavy (non-hydrogen) atoms. The Kier molecular flexibility index (Phi) is 27.6. The highest BCUT2D eigenvalue weighted by molar-refractivity contribution is 5.64. The predicted molar refractivity (Wildman–Crippen MR) is 320 cm³/mol. The minimum atomic E-state index is 0. The molecule has 7 aromatic carbocycles. The quantitative estimate of drug-likeness (QED) is 0.114. The van der Waals surface area contributed by atoms with Crippen LogP contribution in [0.1, 0.15) is 153 Å². The fraction of sp³-hybridized carbons (Fsp3) is 0.408. The van der Waals surface area contributed by atoms with Crippen LogP contribution < -0.4 is 0 Å². The van der Waals surface area contributed by atoms with Gasteiger partial charge in [-0.15, -0.1) is 0 Å². The van der Waals surface area contributed by atoms with Gasteiger partial charge in [0.25, 0.3) is 0 Å². The Balaban J connectivity index is 0.000000305. The van der Waals surface area contributed by atoms with Crippen molar-refractivity contribution in [2.24, 2.45) is 29.6 Å². The van der Waals surface area contributed by atoms with Crippen LogP contribution >= 0.6 is 0 Å². The van der Waals surface area contributed by atoms with Crippen molar-refractivity contribution < 1.29 is 0 Å². The van der Waals surface area contributed by atoms with E-state index in [0.29, 0.717) is 5.92 Å². The van der Waals surface area contributed by atoms with E-state index >= 15 is 0 Å². The molecule has 0 nitrogen and oxygen atoms in total. The van der Waals surface area contributed by atoms with Crippen LogP contribution in [0.5, 0.6) is 0 Å². The fourth-order valence-corrected chi connectivity index (χ4v) is 8.39. The number of rotatable bonds is 12. The summed E-state index contributed by atoms with van der Waals surface area (Å²) in [7, 11) is 0. The normalized spacial score (nSPS) is 10.8. The Labute approximate surface area is 437 Å². The maximum absolute atomic E-state index is 2.30. The second kappa shape index (κ2) is 31.8. The molecule has 0 unspecified atom stereocenters. The predicted octanol–water partition coefficient (Wildman–Crippen LogP) is 20.9. The van der Waals surface area contributed by atoms with Crippen molar-refractivity contribution in [1.29, 1.82) is 0 Å². The van der Waals surface area contributed by atoms with E-state index in [1.54, 1.807) is 0 Å². The number of benzene rings is 7. The smallest absolute Gasteiger partial charge is 0.0132 e. The second-order valence-electron chi connectivity index (χ2n) is 22.9. The summed E-state index contributed by atoms with van der Waals surface area (Å²) in [5, 5.41) is 0. The third-order valence-electron chi connectivity index (χ3n) is 12.2. The first-order valence-corrected chi connectivity index (χ1v) is 26.6. The van der Waals surface area contributed by atoms with Gasteiger partial charge in [0.1, 0.15) is 0 Å². The summed E-state index contributed by atoms with van der Waals surface area (Å²) < 4.78 is 0. The number of aryl methyl sites for hydroxylation is 4. The van der Waals surface area contributed by atoms with Gasteiger partial charge in [-0.1, -0.05) is 273 Å². The SMILES string of the molecule is C.CC(C)Cc1ccc(-c2ccccc2)cc1.CC(C)Cc1ccc(C(C)(C)C)cc1.CC(C)Cc1cccc(-c2ccccc2)c1.Cc1ccc(C)c(CC(C)C)c1.Cc1ccc(CC(C)C)cc1C. The van der Waals surface area contributed by atoms with Crippen LogP contribution in [0.2, 0.25) is 0 Å². The van der Waals surface area contributed by atoms with Gasteiger partial charge in [0.05, 0.1) is 0 Å². The molecule has 0 fully saturated rings. The van der Waals surface area contributed by atoms with E-state index in [1.807, 2.05) is 0 Å². The Morgan fingerprint density at radius 3 is 1.14 bits per heavy atom. The number of hydrogen-bond donors (Lipinski definition) is 0. The first kappa shape index (κ1) is 61.7. The van der Waals surface area contributed by atoms with E-state index in [9.17, 15) is 0 Å². The largest absolute Gasteiger partial charge is 0.0776 e. The molecule has 0 amide bonds. The van der Waals surface area contributed by atoms with Crippen LogP contribution in [0.15, 0.2) is 170 Å². The minimum Gasteiger partial charge on any atom is -0.0776 e. The lowest BCUT2D eigenvalue weighted by molar-refractivity contribution is 0.589. The van der Waals surface area contributed by atoms with Gasteiger partial charge in [0.15, 0.2) is 0 Å². The summed E-state index contributed by atoms with van der Waals surface area (Å²) in [4.78, 5) is 0. The van der Waals surface area contributed by atoms with Crippen molar-refractivity contribution in [3.8, 4) is 22.3 Å². The van der Waals surface area contributed by atoms with Crippen molar-refractivity contribution in [2.45, 2.75) is 163 Å². The molecule has 7 rings (SSSR count). The van der Waals surface area contributed by atoms with Gasteiger partial charge in [-0.3, -0.25) is 0 Å². The van der Waals surface area contributed by atoms with E-state index in [-0.39, 0.29) is 12.8 Å². The summed E-state index contributed by atoms with van der Waals surface area (Å²) in [5.74, 6) is 3.70. The molecule has 0 atom stereocenters. The third-order valence-corrected chi connectivity index (χ3v) is 12.2. The van der Waals surface area contributed by atoms with Crippen LogP contribution in [-0.2, 0) is 37.5 Å². The summed E-state index contributed by atoms with van der Waals surface area (Å²) in [6.07, 6.45) is 5.90. The van der Waals surface area contributed by atoms with Gasteiger partial charge >= 0.3 is 0 Å². The Hall–Kier alpha value is -5.46. The molecular weight excluding hydrogens is 853 g/mol. The average molecular weight is 952 g/mol. The lowest BCUT2D eigenvalue weighted by Crippen LogP contribution is -2.10. The zero-order chi connectivity index (χ0) is 51.8. The van der Waals surface area contributed by atoms with Crippen molar-refractivity contribution in [1.82, 2.24) is 0 Å². The van der Waals surface area contributed by atoms with Crippen LogP contribution in [0, 0.1) is 57.3 Å². The fourth-order valence-electron chi connectivity index (χ4n) is 8.39. The monoisotopic (exact) mass is 951 g/mol. The molecule has 0 spiro atoms. The van der Waals surface area contributed by atoms with Crippen LogP contribution in [0.3, 0.4) is 0 Å². The molecule has 0 aliphatic rings. The zero-order valence-electron chi connectivity index (χ0n) is 47.1. The lowest BCUT2D eigenvalue weighted by Gasteiger charge is -2.19. The van der Waals surface area contributed by atoms with Crippen molar-refractivity contribution in [2.75, 3.05) is 0 Å².